The van der Waals surface area contributed by atoms with Crippen LogP contribution in [0.25, 0.3) is 0 Å². The maximum absolute atomic E-state index is 9.83. The van der Waals surface area contributed by atoms with E-state index in [1.807, 2.05) is 0 Å². The number of carboxylic acids is 1. The van der Waals surface area contributed by atoms with Gasteiger partial charge in [0, 0.05) is 6.92 Å². The molecule has 0 aromatic carbocycles. The fourth-order valence-corrected chi connectivity index (χ4v) is 0.134. The lowest BCUT2D eigenvalue weighted by molar-refractivity contribution is -0.143. The molecule has 0 saturated carbocycles. The lowest BCUT2D eigenvalue weighted by Crippen LogP contribution is -2.17. The first kappa shape index (κ1) is 4.55. The van der Waals surface area contributed by atoms with Crippen LogP contribution in [0.1, 0.15) is 6.92 Å². The summed E-state index contributed by atoms with van der Waals surface area (Å²) in [7, 11) is 0. The molecule has 1 fully saturated rings. The third-order valence-corrected chi connectivity index (χ3v) is 0.722. The van der Waals surface area contributed by atoms with Crippen LogP contribution in [0.15, 0.2) is 0 Å². The van der Waals surface area contributed by atoms with Crippen LogP contribution < -0.4 is 0 Å². The summed E-state index contributed by atoms with van der Waals surface area (Å²) in [4.78, 5) is 17.9. The quantitative estimate of drug-likeness (QED) is 0.368. The predicted octanol–water partition coefficient (Wildman–Crippen LogP) is -0.251. The lowest BCUT2D eigenvalue weighted by atomic mass is 10.4. The molecule has 1 saturated heterocycles. The first-order valence-corrected chi connectivity index (χ1v) is 1.75. The SMILES string of the molecule is CC1(C(=O)O)OO1. The van der Waals surface area contributed by atoms with E-state index in [9.17, 15) is 4.79 Å². The van der Waals surface area contributed by atoms with Crippen molar-refractivity contribution in [1.82, 2.24) is 0 Å². The molecule has 4 nitrogen and oxygen atoms in total. The summed E-state index contributed by atoms with van der Waals surface area (Å²) < 4.78 is 0. The Bertz CT molecular complexity index is 104. The van der Waals surface area contributed by atoms with Gasteiger partial charge in [0.1, 0.15) is 0 Å². The van der Waals surface area contributed by atoms with E-state index in [-0.39, 0.29) is 0 Å². The van der Waals surface area contributed by atoms with Gasteiger partial charge in [-0.1, -0.05) is 0 Å². The third-order valence-electron chi connectivity index (χ3n) is 0.722. The molecule has 0 radical (unpaired) electrons. The van der Waals surface area contributed by atoms with Crippen LogP contribution in [0.4, 0.5) is 0 Å². The van der Waals surface area contributed by atoms with E-state index in [0.29, 0.717) is 0 Å². The van der Waals surface area contributed by atoms with E-state index in [2.05, 4.69) is 9.78 Å². The second-order valence-electron chi connectivity index (χ2n) is 1.42. The van der Waals surface area contributed by atoms with E-state index in [1.165, 1.54) is 6.92 Å². The Morgan fingerprint density at radius 1 is 1.71 bits per heavy atom. The topological polar surface area (TPSA) is 62.4 Å². The molecule has 0 unspecified atom stereocenters. The van der Waals surface area contributed by atoms with E-state index < -0.39 is 11.8 Å². The second kappa shape index (κ2) is 0.962. The Morgan fingerprint density at radius 2 is 2.14 bits per heavy atom. The normalized spacial score (nSPS) is 24.1. The Labute approximate surface area is 39.6 Å². The van der Waals surface area contributed by atoms with Crippen molar-refractivity contribution in [3.8, 4) is 0 Å². The van der Waals surface area contributed by atoms with Crippen molar-refractivity contribution in [3.05, 3.63) is 0 Å². The summed E-state index contributed by atoms with van der Waals surface area (Å²) in [6.45, 7) is 1.33. The number of hydrogen-bond acceptors (Lipinski definition) is 3. The summed E-state index contributed by atoms with van der Waals surface area (Å²) in [6.07, 6.45) is 0. The Morgan fingerprint density at radius 3 is 2.14 bits per heavy atom. The van der Waals surface area contributed by atoms with Crippen LogP contribution >= 0.6 is 0 Å². The van der Waals surface area contributed by atoms with Crippen molar-refractivity contribution >= 4 is 5.97 Å². The monoisotopic (exact) mass is 104 g/mol. The number of carboxylic acid groups (broad SMARTS) is 1. The van der Waals surface area contributed by atoms with Gasteiger partial charge in [-0.25, -0.2) is 4.79 Å². The minimum atomic E-state index is -1.33. The first-order chi connectivity index (χ1) is 3.15. The van der Waals surface area contributed by atoms with Crippen molar-refractivity contribution < 1.29 is 19.7 Å². The highest BCUT2D eigenvalue weighted by Gasteiger charge is 2.52. The highest BCUT2D eigenvalue weighted by atomic mass is 17.4. The van der Waals surface area contributed by atoms with Crippen molar-refractivity contribution in [2.75, 3.05) is 0 Å². The van der Waals surface area contributed by atoms with Crippen molar-refractivity contribution in [1.29, 1.82) is 0 Å². The van der Waals surface area contributed by atoms with Crippen molar-refractivity contribution in [2.45, 2.75) is 12.7 Å². The molecule has 0 aromatic heterocycles. The van der Waals surface area contributed by atoms with Gasteiger partial charge >= 0.3 is 11.8 Å². The maximum atomic E-state index is 9.83. The Kier molecular flexibility index (Phi) is 0.625. The van der Waals surface area contributed by atoms with Crippen molar-refractivity contribution in [2.24, 2.45) is 0 Å². The van der Waals surface area contributed by atoms with Crippen LogP contribution in [-0.2, 0) is 14.6 Å². The predicted molar refractivity (Wildman–Crippen MR) is 18.2 cm³/mol. The minimum absolute atomic E-state index is 1.09. The van der Waals surface area contributed by atoms with Crippen LogP contribution in [0.3, 0.4) is 0 Å². The van der Waals surface area contributed by atoms with Gasteiger partial charge in [-0.15, -0.1) is 0 Å². The molecule has 1 aliphatic rings. The van der Waals surface area contributed by atoms with Crippen LogP contribution in [0, 0.1) is 0 Å². The number of rotatable bonds is 1. The zero-order valence-electron chi connectivity index (χ0n) is 3.67. The van der Waals surface area contributed by atoms with Crippen molar-refractivity contribution in [3.63, 3.8) is 0 Å². The molecular formula is C3H4O4. The summed E-state index contributed by atoms with van der Waals surface area (Å²) in [6, 6.07) is 0. The average molecular weight is 104 g/mol. The van der Waals surface area contributed by atoms with Gasteiger partial charge < -0.3 is 5.11 Å². The molecule has 0 aromatic rings. The number of hydrogen-bond donors (Lipinski definition) is 1. The molecule has 0 atom stereocenters. The molecular weight excluding hydrogens is 100 g/mol. The molecule has 0 aliphatic carbocycles. The van der Waals surface area contributed by atoms with E-state index in [1.54, 1.807) is 0 Å². The molecule has 0 bridgehead atoms. The highest BCUT2D eigenvalue weighted by molar-refractivity contribution is 5.76. The standard InChI is InChI=1S/C3H4O4/c1-3(2(4)5)6-7-3/h1H3,(H,4,5). The molecule has 0 spiro atoms. The van der Waals surface area contributed by atoms with Gasteiger partial charge in [-0.3, -0.25) is 0 Å². The average Bonchev–Trinajstić information content (AvgIpc) is 2.21. The largest absolute Gasteiger partial charge is 0.477 e. The van der Waals surface area contributed by atoms with Gasteiger partial charge in [-0.05, 0) is 0 Å². The molecule has 1 N–H and O–H groups in total. The lowest BCUT2D eigenvalue weighted by Gasteiger charge is -1.84. The highest BCUT2D eigenvalue weighted by Crippen LogP contribution is 2.27. The summed E-state index contributed by atoms with van der Waals surface area (Å²) in [5.74, 6) is -2.42. The van der Waals surface area contributed by atoms with Gasteiger partial charge in [0.25, 0.3) is 0 Å². The van der Waals surface area contributed by atoms with Gasteiger partial charge in [-0.2, -0.15) is 9.78 Å². The van der Waals surface area contributed by atoms with Crippen LogP contribution in [0.5, 0.6) is 0 Å². The second-order valence-corrected chi connectivity index (χ2v) is 1.42. The van der Waals surface area contributed by atoms with Crippen LogP contribution in [-0.4, -0.2) is 16.9 Å². The number of carbonyl (C=O) groups is 1. The fourth-order valence-electron chi connectivity index (χ4n) is 0.134. The molecule has 1 heterocycles. The third kappa shape index (κ3) is 0.574. The Hall–Kier alpha value is -0.610. The van der Waals surface area contributed by atoms with Gasteiger partial charge in [0.05, 0.1) is 0 Å². The molecule has 40 valence electrons. The first-order valence-electron chi connectivity index (χ1n) is 1.75. The molecule has 1 aliphatic heterocycles. The summed E-state index contributed by atoms with van der Waals surface area (Å²) in [5.41, 5.74) is 0. The summed E-state index contributed by atoms with van der Waals surface area (Å²) >= 11 is 0. The minimum Gasteiger partial charge on any atom is -0.477 e. The zero-order chi connectivity index (χ0) is 5.49. The fraction of sp³-hybridized carbons (Fsp3) is 0.667. The zero-order valence-corrected chi connectivity index (χ0v) is 3.67. The molecule has 1 rings (SSSR count). The van der Waals surface area contributed by atoms with E-state index in [0.717, 1.165) is 0 Å². The maximum Gasteiger partial charge on any atom is 0.369 e. The molecule has 0 amide bonds. The van der Waals surface area contributed by atoms with Gasteiger partial charge in [0.15, 0.2) is 0 Å². The molecule has 4 heteroatoms. The smallest absolute Gasteiger partial charge is 0.369 e. The summed E-state index contributed by atoms with van der Waals surface area (Å²) in [5, 5.41) is 8.06. The van der Waals surface area contributed by atoms with Gasteiger partial charge in [0.2, 0.25) is 0 Å². The Balaban J connectivity index is 2.55. The van der Waals surface area contributed by atoms with E-state index in [4.69, 9.17) is 5.11 Å². The number of aliphatic carboxylic acids is 1. The van der Waals surface area contributed by atoms with Crippen LogP contribution in [0.2, 0.25) is 0 Å². The molecule has 7 heavy (non-hydrogen) atoms. The van der Waals surface area contributed by atoms with E-state index >= 15 is 0 Å².